The van der Waals surface area contributed by atoms with Crippen LogP contribution in [0.1, 0.15) is 157 Å². The topological polar surface area (TPSA) is 248 Å². The Bertz CT molecular complexity index is 4280. The molecule has 518 valence electrons. The molecule has 5 atom stereocenters. The zero-order chi connectivity index (χ0) is 70.4. The maximum absolute atomic E-state index is 14.4. The van der Waals surface area contributed by atoms with Crippen LogP contribution in [0.3, 0.4) is 0 Å². The van der Waals surface area contributed by atoms with Gasteiger partial charge in [-0.1, -0.05) is 111 Å². The first kappa shape index (κ1) is 69.5. The molecule has 3 N–H and O–H groups in total. The van der Waals surface area contributed by atoms with E-state index in [1.165, 1.54) is 0 Å². The molecule has 0 aromatic heterocycles. The monoisotopic (exact) mass is 1350 g/mol. The van der Waals surface area contributed by atoms with Crippen molar-refractivity contribution in [3.8, 4) is 29.1 Å². The number of ketones is 3. The third kappa shape index (κ3) is 15.7. The van der Waals surface area contributed by atoms with Gasteiger partial charge in [-0.2, -0.15) is 0 Å². The summed E-state index contributed by atoms with van der Waals surface area (Å²) < 4.78 is 24.3. The van der Waals surface area contributed by atoms with Gasteiger partial charge in [-0.15, -0.1) is 0 Å². The molecule has 5 aliphatic heterocycles. The predicted octanol–water partition coefficient (Wildman–Crippen LogP) is 10.6. The molecule has 100 heavy (non-hydrogen) atoms. The van der Waals surface area contributed by atoms with Crippen LogP contribution in [0, 0.1) is 36.0 Å². The summed E-state index contributed by atoms with van der Waals surface area (Å²) in [5.74, 6) is 4.03. The van der Waals surface area contributed by atoms with Crippen molar-refractivity contribution in [1.82, 2.24) is 20.4 Å². The summed E-state index contributed by atoms with van der Waals surface area (Å²) in [5, 5.41) is 17.5. The Morgan fingerprint density at radius 2 is 1.42 bits per heavy atom. The van der Waals surface area contributed by atoms with Gasteiger partial charge in [0.25, 0.3) is 11.8 Å². The van der Waals surface area contributed by atoms with Crippen molar-refractivity contribution in [1.29, 1.82) is 0 Å². The average Bonchev–Trinajstić information content (AvgIpc) is 1.56. The number of aliphatic hydroxyl groups excluding tert-OH is 1. The molecule has 1 unspecified atom stereocenters. The molecule has 6 aliphatic rings. The van der Waals surface area contributed by atoms with Crippen LogP contribution in [-0.4, -0.2) is 126 Å². The van der Waals surface area contributed by atoms with Gasteiger partial charge in [0, 0.05) is 92.4 Å². The number of aliphatic hydroxyl groups is 1. The highest BCUT2D eigenvalue weighted by Crippen LogP contribution is 2.57. The van der Waals surface area contributed by atoms with Gasteiger partial charge in [-0.3, -0.25) is 38.4 Å². The minimum atomic E-state index is -1.43. The first-order valence-corrected chi connectivity index (χ1v) is 34.6. The average molecular weight is 1350 g/mol. The lowest BCUT2D eigenvalue weighted by Gasteiger charge is -2.31. The van der Waals surface area contributed by atoms with Crippen molar-refractivity contribution in [2.24, 2.45) is 17.3 Å². The molecule has 0 radical (unpaired) electrons. The van der Waals surface area contributed by atoms with E-state index in [4.69, 9.17) is 18.9 Å². The quantitative estimate of drug-likeness (QED) is 0.0338. The van der Waals surface area contributed by atoms with Crippen molar-refractivity contribution in [3.05, 3.63) is 189 Å². The van der Waals surface area contributed by atoms with Crippen LogP contribution >= 0.6 is 0 Å². The standard InChI is InChI=1S/C80H84N6O14/c1-49(2)63(40-62(88)44-81-73(90)30-28-61(87)29-31-74(91)84-45-58-18-10-9-16-55(58)24-25-56-17-11-12-19-66(56)84)75(92)82-51(4)69(89)37-52-20-22-53(23-21-52)47-100-79(96)86-67-42-70(50(3)36-65(67)77(94)85-48-80(32-33-80)43-68(85)78(86)95)98-34-13-35-99-72-39-57-26-27-60-38-59(54-14-7-6-8-15-54)46-83(60)76(93)64(57)41-71(72)97-5/h6-12,14-23,36,39,41-42,46,49,51,60,63,68,78,95H,13,26-35,37-38,40,43-45,47-48H2,1-5H3,(H,81,90)(H,82,92)/t51-,60+,63-,68-,78?/m0/s1. The van der Waals surface area contributed by atoms with Gasteiger partial charge in [0.1, 0.15) is 18.1 Å². The second-order valence-electron chi connectivity index (χ2n) is 27.5. The number of ether oxygens (including phenoxy) is 4. The van der Waals surface area contributed by atoms with Crippen LogP contribution in [0.15, 0.2) is 134 Å². The van der Waals surface area contributed by atoms with Gasteiger partial charge in [0.2, 0.25) is 17.7 Å². The van der Waals surface area contributed by atoms with Crippen molar-refractivity contribution in [2.75, 3.05) is 43.2 Å². The Hall–Kier alpha value is -10.4. The highest BCUT2D eigenvalue weighted by Gasteiger charge is 2.58. The molecule has 1 saturated heterocycles. The van der Waals surface area contributed by atoms with Crippen molar-refractivity contribution < 1.29 is 67.2 Å². The van der Waals surface area contributed by atoms with E-state index in [0.717, 1.165) is 58.4 Å². The second kappa shape index (κ2) is 30.4. The highest BCUT2D eigenvalue weighted by atomic mass is 16.6. The molecule has 5 heterocycles. The number of Topliss-reactive ketones (excluding diaryl/α,β-unsaturated/α-hetero) is 3. The molecule has 6 aromatic rings. The summed E-state index contributed by atoms with van der Waals surface area (Å²) in [6, 6.07) is 37.4. The highest BCUT2D eigenvalue weighted by molar-refractivity contribution is 6.06. The zero-order valence-corrected chi connectivity index (χ0v) is 57.1. The number of nitrogens with one attached hydrogen (secondary N) is 2. The lowest BCUT2D eigenvalue weighted by Crippen LogP contribution is -2.50. The number of carbonyl (C=O) groups is 9. The number of fused-ring (bicyclic) bond motifs is 6. The van der Waals surface area contributed by atoms with Gasteiger partial charge in [-0.05, 0) is 139 Å². The number of carbonyl (C=O) groups excluding carboxylic acids is 9. The zero-order valence-electron chi connectivity index (χ0n) is 57.1. The summed E-state index contributed by atoms with van der Waals surface area (Å²) >= 11 is 0. The molecule has 6 aromatic carbocycles. The normalized spacial score (nSPS) is 18.1. The lowest BCUT2D eigenvalue weighted by molar-refractivity contribution is -0.133. The van der Waals surface area contributed by atoms with Crippen molar-refractivity contribution in [3.63, 3.8) is 0 Å². The minimum Gasteiger partial charge on any atom is -0.493 e. The molecule has 6 amide bonds. The molecule has 1 spiro atoms. The van der Waals surface area contributed by atoms with Gasteiger partial charge >= 0.3 is 6.09 Å². The Labute approximate surface area is 582 Å². The smallest absolute Gasteiger partial charge is 0.416 e. The van der Waals surface area contributed by atoms with Gasteiger partial charge in [0.05, 0.1) is 62.4 Å². The number of amides is 6. The number of rotatable bonds is 26. The summed E-state index contributed by atoms with van der Waals surface area (Å²) in [6.07, 6.45) is 4.09. The fourth-order valence-corrected chi connectivity index (χ4v) is 14.1. The van der Waals surface area contributed by atoms with Crippen molar-refractivity contribution in [2.45, 2.75) is 149 Å². The summed E-state index contributed by atoms with van der Waals surface area (Å²) in [4.78, 5) is 129. The van der Waals surface area contributed by atoms with Gasteiger partial charge in [-0.25, -0.2) is 9.69 Å². The van der Waals surface area contributed by atoms with E-state index in [1.54, 1.807) is 80.1 Å². The number of para-hydroxylation sites is 1. The largest absolute Gasteiger partial charge is 0.493 e. The fraction of sp³-hybridized carbons (Fsp3) is 0.388. The molecule has 20 nitrogen and oxygen atoms in total. The van der Waals surface area contributed by atoms with Crippen molar-refractivity contribution >= 4 is 69.9 Å². The van der Waals surface area contributed by atoms with Crippen LogP contribution in [0.2, 0.25) is 0 Å². The summed E-state index contributed by atoms with van der Waals surface area (Å²) in [7, 11) is 1.55. The van der Waals surface area contributed by atoms with Crippen LogP contribution in [0.5, 0.6) is 17.2 Å². The predicted molar refractivity (Wildman–Crippen MR) is 374 cm³/mol. The molecule has 20 heteroatoms. The SMILES string of the molecule is COc1cc2c(cc1OCCCOc1cc3c(cc1C)C(=O)N1CC4(CC4)C[C@H]1C(O)N3C(=O)OCc1ccc(CC(=O)[C@H](C)NC(=O)[C@@H](CC(=O)CNC(=O)CCC(=O)CCC(=O)N3Cc4ccccc4C#Cc4ccccc43)C(C)C)cc1)CC[C@@H]1CC(c3ccccc3)=CN1C2=O. The first-order valence-electron chi connectivity index (χ1n) is 34.6. The van der Waals surface area contributed by atoms with E-state index in [2.05, 4.69) is 34.6 Å². The van der Waals surface area contributed by atoms with Crippen LogP contribution in [0.4, 0.5) is 16.2 Å². The molecule has 1 aliphatic carbocycles. The Morgan fingerprint density at radius 1 is 0.720 bits per heavy atom. The number of nitrogens with zero attached hydrogens (tertiary/aromatic N) is 4. The summed E-state index contributed by atoms with van der Waals surface area (Å²) in [5.41, 5.74) is 8.96. The number of aryl methyl sites for hydroxylation is 2. The van der Waals surface area contributed by atoms with Gasteiger partial charge in [0.15, 0.2) is 29.3 Å². The summed E-state index contributed by atoms with van der Waals surface area (Å²) in [6.45, 7) is 7.62. The Morgan fingerprint density at radius 3 is 2.17 bits per heavy atom. The van der Waals surface area contributed by atoms with Crippen LogP contribution in [-0.2, 0) is 59.5 Å². The van der Waals surface area contributed by atoms with Crippen LogP contribution < -0.4 is 34.6 Å². The fourth-order valence-electron chi connectivity index (χ4n) is 14.1. The minimum absolute atomic E-state index is 0.0441. The van der Waals surface area contributed by atoms with E-state index in [9.17, 15) is 48.3 Å². The van der Waals surface area contributed by atoms with E-state index in [1.807, 2.05) is 90.8 Å². The lowest BCUT2D eigenvalue weighted by atomic mass is 9.89. The number of hydrogen-bond acceptors (Lipinski definition) is 14. The third-order valence-corrected chi connectivity index (χ3v) is 20.1. The van der Waals surface area contributed by atoms with Crippen LogP contribution in [0.25, 0.3) is 5.57 Å². The number of benzene rings is 6. The number of anilines is 2. The molecule has 0 bridgehead atoms. The van der Waals surface area contributed by atoms with E-state index in [0.29, 0.717) is 83.1 Å². The first-order chi connectivity index (χ1) is 48.2. The molecular weight excluding hydrogens is 1270 g/mol. The molecule has 12 rings (SSSR count). The molecule has 2 fully saturated rings. The van der Waals surface area contributed by atoms with E-state index in [-0.39, 0.29) is 123 Å². The molecule has 1 saturated carbocycles. The second-order valence-corrected chi connectivity index (χ2v) is 27.5. The maximum Gasteiger partial charge on any atom is 0.416 e. The third-order valence-electron chi connectivity index (χ3n) is 20.1. The Kier molecular flexibility index (Phi) is 21.1. The maximum atomic E-state index is 14.4. The number of hydrogen-bond donors (Lipinski definition) is 3. The number of methoxy groups -OCH3 is 1. The van der Waals surface area contributed by atoms with Gasteiger partial charge < -0.3 is 49.4 Å². The Balaban J connectivity index is 0.599. The van der Waals surface area contributed by atoms with E-state index >= 15 is 0 Å². The van der Waals surface area contributed by atoms with E-state index < -0.39 is 47.9 Å². The molecular formula is C80H84N6O14.